The number of aromatic nitrogens is 1. The highest BCUT2D eigenvalue weighted by Gasteiger charge is 2.14. The Labute approximate surface area is 80.0 Å². The molecule has 0 aliphatic carbocycles. The Balaban J connectivity index is 2.85. The van der Waals surface area contributed by atoms with Crippen LogP contribution in [0.25, 0.3) is 11.0 Å². The lowest BCUT2D eigenvalue weighted by Gasteiger charge is -1.90. The summed E-state index contributed by atoms with van der Waals surface area (Å²) < 4.78 is 5.35. The molecule has 1 N–H and O–H groups in total. The third-order valence-electron chi connectivity index (χ3n) is 1.92. The van der Waals surface area contributed by atoms with E-state index in [4.69, 9.17) is 16.0 Å². The molecule has 0 spiro atoms. The maximum Gasteiger partial charge on any atom is 0.168 e. The Hall–Kier alpha value is -1.22. The van der Waals surface area contributed by atoms with Crippen LogP contribution >= 0.6 is 11.6 Å². The predicted molar refractivity (Wildman–Crippen MR) is 50.1 cm³/mol. The number of hydrogen-bond acceptors (Lipinski definition) is 3. The van der Waals surface area contributed by atoms with E-state index in [1.165, 1.54) is 0 Å². The van der Waals surface area contributed by atoms with E-state index in [1.807, 2.05) is 6.92 Å². The third-order valence-corrected chi connectivity index (χ3v) is 2.21. The van der Waals surface area contributed by atoms with Crippen molar-refractivity contribution in [1.29, 1.82) is 0 Å². The number of fused-ring (bicyclic) bond motifs is 1. The van der Waals surface area contributed by atoms with Gasteiger partial charge in [0.1, 0.15) is 16.5 Å². The minimum absolute atomic E-state index is 0.107. The first-order valence-electron chi connectivity index (χ1n) is 3.99. The number of pyridine rings is 1. The summed E-state index contributed by atoms with van der Waals surface area (Å²) in [4.78, 5) is 3.86. The quantitative estimate of drug-likeness (QED) is 0.715. The maximum absolute atomic E-state index is 9.65. The van der Waals surface area contributed by atoms with E-state index in [1.54, 1.807) is 12.3 Å². The largest absolute Gasteiger partial charge is 0.504 e. The first-order chi connectivity index (χ1) is 6.24. The van der Waals surface area contributed by atoms with Gasteiger partial charge < -0.3 is 9.52 Å². The Morgan fingerprint density at radius 3 is 3.00 bits per heavy atom. The van der Waals surface area contributed by atoms with Gasteiger partial charge in [0.25, 0.3) is 0 Å². The summed E-state index contributed by atoms with van der Waals surface area (Å²) in [5.74, 6) is 0.653. The summed E-state index contributed by atoms with van der Waals surface area (Å²) in [5.41, 5.74) is 0.578. The zero-order chi connectivity index (χ0) is 9.42. The Morgan fingerprint density at radius 1 is 1.62 bits per heavy atom. The second kappa shape index (κ2) is 2.92. The van der Waals surface area contributed by atoms with Gasteiger partial charge in [-0.25, -0.2) is 4.98 Å². The van der Waals surface area contributed by atoms with E-state index in [0.717, 1.165) is 0 Å². The molecule has 3 nitrogen and oxygen atoms in total. The Kier molecular flexibility index (Phi) is 1.88. The molecule has 13 heavy (non-hydrogen) atoms. The monoisotopic (exact) mass is 197 g/mol. The number of aromatic hydroxyl groups is 1. The van der Waals surface area contributed by atoms with Gasteiger partial charge in [-0.1, -0.05) is 18.5 Å². The van der Waals surface area contributed by atoms with Gasteiger partial charge in [-0.15, -0.1) is 0 Å². The molecule has 0 bridgehead atoms. The fourth-order valence-electron chi connectivity index (χ4n) is 1.28. The molecule has 2 aromatic rings. The lowest BCUT2D eigenvalue weighted by atomic mass is 10.2. The molecule has 4 heteroatoms. The first kappa shape index (κ1) is 8.38. The summed E-state index contributed by atoms with van der Waals surface area (Å²) in [6, 6.07) is 1.68. The Bertz CT molecular complexity index is 450. The molecule has 0 aromatic carbocycles. The van der Waals surface area contributed by atoms with E-state index in [-0.39, 0.29) is 10.9 Å². The van der Waals surface area contributed by atoms with Crippen LogP contribution in [0.2, 0.25) is 5.15 Å². The van der Waals surface area contributed by atoms with Gasteiger partial charge in [-0.05, 0) is 6.07 Å². The van der Waals surface area contributed by atoms with Crippen LogP contribution in [-0.2, 0) is 6.42 Å². The summed E-state index contributed by atoms with van der Waals surface area (Å²) in [6.45, 7) is 1.90. The van der Waals surface area contributed by atoms with E-state index in [2.05, 4.69) is 4.98 Å². The first-order valence-corrected chi connectivity index (χ1v) is 4.36. The van der Waals surface area contributed by atoms with Crippen LogP contribution in [-0.4, -0.2) is 10.1 Å². The van der Waals surface area contributed by atoms with E-state index < -0.39 is 0 Å². The zero-order valence-electron chi connectivity index (χ0n) is 7.04. The topological polar surface area (TPSA) is 46.3 Å². The van der Waals surface area contributed by atoms with Gasteiger partial charge in [0, 0.05) is 12.6 Å². The number of aryl methyl sites for hydroxylation is 1. The molecule has 0 unspecified atom stereocenters. The van der Waals surface area contributed by atoms with Crippen molar-refractivity contribution in [2.75, 3.05) is 0 Å². The molecule has 0 radical (unpaired) electrons. The molecule has 2 heterocycles. The van der Waals surface area contributed by atoms with Crippen LogP contribution in [0.15, 0.2) is 16.7 Å². The molecule has 0 fully saturated rings. The van der Waals surface area contributed by atoms with Crippen molar-refractivity contribution in [3.63, 3.8) is 0 Å². The fraction of sp³-hybridized carbons (Fsp3) is 0.222. The van der Waals surface area contributed by atoms with Crippen molar-refractivity contribution in [2.24, 2.45) is 0 Å². The normalized spacial score (nSPS) is 10.9. The Morgan fingerprint density at radius 2 is 2.38 bits per heavy atom. The highest BCUT2D eigenvalue weighted by atomic mass is 35.5. The minimum Gasteiger partial charge on any atom is -0.504 e. The summed E-state index contributed by atoms with van der Waals surface area (Å²) >= 11 is 5.80. The summed E-state index contributed by atoms with van der Waals surface area (Å²) in [6.07, 6.45) is 2.18. The average molecular weight is 198 g/mol. The number of nitrogens with zero attached hydrogens (tertiary/aromatic N) is 1. The van der Waals surface area contributed by atoms with Crippen LogP contribution in [0.3, 0.4) is 0 Å². The van der Waals surface area contributed by atoms with Crippen LogP contribution in [0, 0.1) is 0 Å². The maximum atomic E-state index is 9.65. The molecular weight excluding hydrogens is 190 g/mol. The molecule has 2 aromatic heterocycles. The van der Waals surface area contributed by atoms with Crippen molar-refractivity contribution in [1.82, 2.24) is 4.98 Å². The van der Waals surface area contributed by atoms with Crippen molar-refractivity contribution < 1.29 is 9.52 Å². The van der Waals surface area contributed by atoms with Crippen LogP contribution in [0.4, 0.5) is 0 Å². The second-order valence-electron chi connectivity index (χ2n) is 2.70. The van der Waals surface area contributed by atoms with Gasteiger partial charge in [-0.3, -0.25) is 0 Å². The standard InChI is InChI=1S/C9H8ClNO2/c1-2-5-8(12)7-6(13-5)3-4-11-9(7)10/h3-4,12H,2H2,1H3. The van der Waals surface area contributed by atoms with Gasteiger partial charge in [0.2, 0.25) is 0 Å². The second-order valence-corrected chi connectivity index (χ2v) is 3.06. The van der Waals surface area contributed by atoms with E-state index in [9.17, 15) is 5.11 Å². The molecular formula is C9H8ClNO2. The average Bonchev–Trinajstić information content (AvgIpc) is 2.44. The number of halogens is 1. The molecule has 0 saturated heterocycles. The van der Waals surface area contributed by atoms with Crippen molar-refractivity contribution in [3.05, 3.63) is 23.2 Å². The van der Waals surface area contributed by atoms with Crippen molar-refractivity contribution in [2.45, 2.75) is 13.3 Å². The lowest BCUT2D eigenvalue weighted by molar-refractivity contribution is 0.443. The number of rotatable bonds is 1. The SMILES string of the molecule is CCc1oc2ccnc(Cl)c2c1O. The van der Waals surface area contributed by atoms with E-state index in [0.29, 0.717) is 23.2 Å². The smallest absolute Gasteiger partial charge is 0.168 e. The van der Waals surface area contributed by atoms with Gasteiger partial charge in [0.15, 0.2) is 5.75 Å². The fourth-order valence-corrected chi connectivity index (χ4v) is 1.52. The molecule has 68 valence electrons. The highest BCUT2D eigenvalue weighted by Crippen LogP contribution is 2.35. The molecule has 0 amide bonds. The molecule has 2 rings (SSSR count). The van der Waals surface area contributed by atoms with Crippen molar-refractivity contribution >= 4 is 22.6 Å². The lowest BCUT2D eigenvalue weighted by Crippen LogP contribution is -1.74. The summed E-state index contributed by atoms with van der Waals surface area (Å²) in [5, 5.41) is 10.4. The summed E-state index contributed by atoms with van der Waals surface area (Å²) in [7, 11) is 0. The van der Waals surface area contributed by atoms with Crippen LogP contribution in [0.5, 0.6) is 5.75 Å². The minimum atomic E-state index is 0.107. The van der Waals surface area contributed by atoms with Gasteiger partial charge in [0.05, 0.1) is 5.39 Å². The number of hydrogen-bond donors (Lipinski definition) is 1. The number of furan rings is 1. The highest BCUT2D eigenvalue weighted by molar-refractivity contribution is 6.34. The zero-order valence-corrected chi connectivity index (χ0v) is 7.80. The van der Waals surface area contributed by atoms with Crippen molar-refractivity contribution in [3.8, 4) is 5.75 Å². The molecule has 0 aliphatic rings. The van der Waals surface area contributed by atoms with Gasteiger partial charge >= 0.3 is 0 Å². The van der Waals surface area contributed by atoms with E-state index >= 15 is 0 Å². The molecule has 0 atom stereocenters. The van der Waals surface area contributed by atoms with Gasteiger partial charge in [-0.2, -0.15) is 0 Å². The molecule has 0 aliphatic heterocycles. The van der Waals surface area contributed by atoms with Crippen LogP contribution in [0.1, 0.15) is 12.7 Å². The molecule has 0 saturated carbocycles. The predicted octanol–water partition coefficient (Wildman–Crippen LogP) is 2.75. The van der Waals surface area contributed by atoms with Crippen LogP contribution < -0.4 is 0 Å². The third kappa shape index (κ3) is 1.16.